The zero-order valence-electron chi connectivity index (χ0n) is 43.5. The third-order valence-corrected chi connectivity index (χ3v) is 20.4. The maximum absolute atomic E-state index is 9.09. The Morgan fingerprint density at radius 3 is 0.582 bits per heavy atom. The average Bonchev–Trinajstić information content (AvgIpc) is 3.34. The van der Waals surface area contributed by atoms with E-state index in [1.54, 1.807) is 0 Å². The van der Waals surface area contributed by atoms with E-state index in [0.29, 0.717) is 6.61 Å². The molecule has 0 amide bonds. The number of hydrogen-bond donors (Lipinski definition) is 1. The summed E-state index contributed by atoms with van der Waals surface area (Å²) in [5, 5.41) is 18.0. The molecule has 0 aliphatic heterocycles. The van der Waals surface area contributed by atoms with E-state index >= 15 is 0 Å². The molecule has 0 aliphatic rings. The lowest BCUT2D eigenvalue weighted by Gasteiger charge is -2.20. The summed E-state index contributed by atoms with van der Waals surface area (Å²) in [6.07, 6.45) is 39.3. The van der Waals surface area contributed by atoms with E-state index in [1.807, 2.05) is 0 Å². The molecule has 0 spiro atoms. The van der Waals surface area contributed by atoms with E-state index in [9.17, 15) is 0 Å². The van der Waals surface area contributed by atoms with Crippen molar-refractivity contribution in [1.29, 1.82) is 0 Å². The van der Waals surface area contributed by atoms with Crippen LogP contribution in [0.25, 0.3) is 32.3 Å². The lowest BCUT2D eigenvalue weighted by molar-refractivity contribution is 0.282. The van der Waals surface area contributed by atoms with Gasteiger partial charge in [0.2, 0.25) is 0 Å². The first-order valence-corrected chi connectivity index (χ1v) is 33.9. The van der Waals surface area contributed by atoms with Crippen molar-refractivity contribution >= 4 is 103 Å². The minimum Gasteiger partial charge on any atom is -0.396 e. The second-order valence-electron chi connectivity index (χ2n) is 19.2. The van der Waals surface area contributed by atoms with Crippen LogP contribution in [0.15, 0.2) is 65.8 Å². The van der Waals surface area contributed by atoms with Crippen molar-refractivity contribution in [2.75, 3.05) is 41.1 Å². The van der Waals surface area contributed by atoms with Crippen molar-refractivity contribution in [1.82, 2.24) is 0 Å². The summed E-state index contributed by atoms with van der Waals surface area (Å²) in [5.41, 5.74) is 0. The monoisotopic (exact) mass is 1020 g/mol. The Balaban J connectivity index is 1.82. The highest BCUT2D eigenvalue weighted by atomic mass is 32.2. The van der Waals surface area contributed by atoms with Gasteiger partial charge in [0.25, 0.3) is 0 Å². The van der Waals surface area contributed by atoms with Gasteiger partial charge in [0.05, 0.1) is 0 Å². The molecule has 0 saturated heterocycles. The molecule has 4 aromatic carbocycles. The van der Waals surface area contributed by atoms with Crippen molar-refractivity contribution in [3.63, 3.8) is 0 Å². The smallest absolute Gasteiger partial charge is 0.0431 e. The second kappa shape index (κ2) is 38.4. The first kappa shape index (κ1) is 59.3. The van der Waals surface area contributed by atoms with Gasteiger partial charge in [0.15, 0.2) is 0 Å². The molecule has 0 atom stereocenters. The number of hydrogen-bond acceptors (Lipinski definition) is 7. The first-order chi connectivity index (χ1) is 33.1. The van der Waals surface area contributed by atoms with Crippen LogP contribution >= 0.6 is 70.6 Å². The van der Waals surface area contributed by atoms with Crippen molar-refractivity contribution < 1.29 is 5.11 Å². The van der Waals surface area contributed by atoms with E-state index in [1.165, 1.54) is 282 Å². The summed E-state index contributed by atoms with van der Waals surface area (Å²) in [6, 6.07) is 16.0. The average molecular weight is 1030 g/mol. The zero-order valence-corrected chi connectivity index (χ0v) is 48.4. The van der Waals surface area contributed by atoms with E-state index in [0.717, 1.165) is 6.42 Å². The number of thioether (sulfide) groups is 6. The SMILES string of the molecule is CCCCCCSc1cc2c3cc(SCCCCCC)c(SCCCCCC)cc3c3cc(SCCCCCCCCCCCCO)c(SCCCCCC)cc3c2cc1SCCCCCC. The van der Waals surface area contributed by atoms with E-state index in [-0.39, 0.29) is 0 Å². The lowest BCUT2D eigenvalue weighted by Crippen LogP contribution is -1.94. The Morgan fingerprint density at radius 1 is 0.239 bits per heavy atom. The van der Waals surface area contributed by atoms with Crippen LogP contribution in [0.4, 0.5) is 0 Å². The molecule has 0 fully saturated rings. The number of unbranched alkanes of at least 4 members (excludes halogenated alkanes) is 24. The molecule has 1 N–H and O–H groups in total. The fraction of sp³-hybridized carbons (Fsp3) is 0.700. The molecule has 0 bridgehead atoms. The van der Waals surface area contributed by atoms with Crippen LogP contribution in [0, 0.1) is 0 Å². The Morgan fingerprint density at radius 2 is 0.403 bits per heavy atom. The van der Waals surface area contributed by atoms with Gasteiger partial charge in [-0.2, -0.15) is 0 Å². The van der Waals surface area contributed by atoms with Crippen molar-refractivity contribution in [3.8, 4) is 0 Å². The third-order valence-electron chi connectivity index (χ3n) is 13.2. The molecule has 0 aromatic heterocycles. The predicted octanol–water partition coefficient (Wildman–Crippen LogP) is 22.5. The van der Waals surface area contributed by atoms with Crippen LogP contribution in [0.5, 0.6) is 0 Å². The summed E-state index contributed by atoms with van der Waals surface area (Å²) in [4.78, 5) is 9.11. The standard InChI is InChI=1S/C60H96OS6/c1-6-11-16-30-37-62-55-43-49-50-44-56(63-38-31-17-12-7-2)58(65-40-33-19-14-9-4)46-52(50)54-48-60(67-42-35-28-26-24-22-21-23-25-27-29-36-61)59(66-41-34-20-15-10-5)47-53(54)51(49)45-57(55)64-39-32-18-13-8-3/h43-48,61H,6-42H2,1-5H3. The first-order valence-electron chi connectivity index (χ1n) is 28.0. The fourth-order valence-corrected chi connectivity index (χ4v) is 15.9. The maximum Gasteiger partial charge on any atom is 0.0431 e. The lowest BCUT2D eigenvalue weighted by atomic mass is 9.94. The van der Waals surface area contributed by atoms with Crippen molar-refractivity contribution in [2.24, 2.45) is 0 Å². The fourth-order valence-electron chi connectivity index (χ4n) is 9.06. The second-order valence-corrected chi connectivity index (χ2v) is 26.0. The number of aliphatic hydroxyl groups excluding tert-OH is 1. The van der Waals surface area contributed by atoms with Gasteiger partial charge in [-0.1, -0.05) is 182 Å². The topological polar surface area (TPSA) is 20.2 Å². The normalized spacial score (nSPS) is 11.9. The summed E-state index contributed by atoms with van der Waals surface area (Å²) in [6.45, 7) is 12.0. The van der Waals surface area contributed by atoms with Crippen LogP contribution in [0.1, 0.15) is 227 Å². The molecule has 1 nitrogen and oxygen atoms in total. The molecule has 4 aromatic rings. The molecule has 7 heteroatoms. The highest BCUT2D eigenvalue weighted by Crippen LogP contribution is 2.47. The molecule has 67 heavy (non-hydrogen) atoms. The zero-order chi connectivity index (χ0) is 47.6. The minimum atomic E-state index is 0.349. The minimum absolute atomic E-state index is 0.349. The Hall–Kier alpha value is -0.280. The van der Waals surface area contributed by atoms with Gasteiger partial charge in [0.1, 0.15) is 0 Å². The number of rotatable bonds is 43. The summed E-state index contributed by atoms with van der Waals surface area (Å²) in [5.74, 6) is 7.26. The van der Waals surface area contributed by atoms with Crippen LogP contribution < -0.4 is 0 Å². The van der Waals surface area contributed by atoms with Crippen molar-refractivity contribution in [3.05, 3.63) is 36.4 Å². The van der Waals surface area contributed by atoms with Gasteiger partial charge in [-0.25, -0.2) is 0 Å². The summed E-state index contributed by atoms with van der Waals surface area (Å²) >= 11 is 12.9. The van der Waals surface area contributed by atoms with Gasteiger partial charge in [-0.15, -0.1) is 70.6 Å². The highest BCUT2D eigenvalue weighted by molar-refractivity contribution is 8.03. The Bertz CT molecular complexity index is 1840. The third kappa shape index (κ3) is 22.6. The van der Waals surface area contributed by atoms with Crippen LogP contribution in [-0.2, 0) is 0 Å². The summed E-state index contributed by atoms with van der Waals surface area (Å²) in [7, 11) is 0. The van der Waals surface area contributed by atoms with Gasteiger partial charge < -0.3 is 5.11 Å². The van der Waals surface area contributed by atoms with Gasteiger partial charge in [0, 0.05) is 36.0 Å². The largest absolute Gasteiger partial charge is 0.396 e. The molecule has 0 radical (unpaired) electrons. The molecule has 0 saturated carbocycles. The molecular weight excluding hydrogens is 929 g/mol. The van der Waals surface area contributed by atoms with Gasteiger partial charge >= 0.3 is 0 Å². The summed E-state index contributed by atoms with van der Waals surface area (Å²) < 4.78 is 0. The Kier molecular flexibility index (Phi) is 33.9. The van der Waals surface area contributed by atoms with Gasteiger partial charge in [-0.05, 0) is 148 Å². The number of fused-ring (bicyclic) bond motifs is 6. The van der Waals surface area contributed by atoms with Crippen molar-refractivity contribution in [2.45, 2.75) is 257 Å². The molecule has 0 unspecified atom stereocenters. The molecular formula is C60H96OS6. The van der Waals surface area contributed by atoms with Crippen LogP contribution in [0.2, 0.25) is 0 Å². The quantitative estimate of drug-likeness (QED) is 0.0267. The van der Waals surface area contributed by atoms with E-state index in [4.69, 9.17) is 5.11 Å². The molecule has 0 heterocycles. The van der Waals surface area contributed by atoms with Gasteiger partial charge in [-0.3, -0.25) is 0 Å². The Labute approximate surface area is 438 Å². The van der Waals surface area contributed by atoms with E-state index < -0.39 is 0 Å². The van der Waals surface area contributed by atoms with Crippen LogP contribution in [-0.4, -0.2) is 46.2 Å². The molecule has 0 aliphatic carbocycles. The van der Waals surface area contributed by atoms with E-state index in [2.05, 4.69) is 142 Å². The van der Waals surface area contributed by atoms with Crippen LogP contribution in [0.3, 0.4) is 0 Å². The maximum atomic E-state index is 9.09. The molecule has 378 valence electrons. The number of benzene rings is 4. The molecule has 4 rings (SSSR count). The highest BCUT2D eigenvalue weighted by Gasteiger charge is 2.19. The number of aliphatic hydroxyl groups is 1. The predicted molar refractivity (Wildman–Crippen MR) is 317 cm³/mol.